The summed E-state index contributed by atoms with van der Waals surface area (Å²) in [5.41, 5.74) is -0.319. The van der Waals surface area contributed by atoms with Crippen LogP contribution in [-0.4, -0.2) is 55.4 Å². The molecule has 6 heteroatoms. The molecule has 2 heterocycles. The van der Waals surface area contributed by atoms with E-state index in [-0.39, 0.29) is 17.8 Å². The van der Waals surface area contributed by atoms with E-state index in [0.717, 1.165) is 6.42 Å². The van der Waals surface area contributed by atoms with Gasteiger partial charge in [-0.15, -0.1) is 0 Å². The summed E-state index contributed by atoms with van der Waals surface area (Å²) in [6, 6.07) is 0.0541. The van der Waals surface area contributed by atoms with Crippen LogP contribution >= 0.6 is 0 Å². The Morgan fingerprint density at radius 1 is 1.18 bits per heavy atom. The first-order valence-corrected chi connectivity index (χ1v) is 11.8. The van der Waals surface area contributed by atoms with E-state index in [1.807, 2.05) is 25.7 Å². The molecule has 0 aromatic rings. The third-order valence-electron chi connectivity index (χ3n) is 4.34. The Hall–Kier alpha value is -0.593. The predicted molar refractivity (Wildman–Crippen MR) is 88.5 cm³/mol. The fourth-order valence-corrected chi connectivity index (χ4v) is 5.53. The highest BCUT2D eigenvalue weighted by molar-refractivity contribution is 6.77. The first kappa shape index (κ1) is 17.8. The average molecular weight is 330 g/mol. The van der Waals surface area contributed by atoms with Gasteiger partial charge >= 0.3 is 6.09 Å². The van der Waals surface area contributed by atoms with Crippen molar-refractivity contribution in [2.75, 3.05) is 13.2 Å². The van der Waals surface area contributed by atoms with E-state index in [9.17, 15) is 4.79 Å². The minimum absolute atomic E-state index is 0.0541. The molecule has 0 radical (unpaired) electrons. The second-order valence-electron chi connectivity index (χ2n) is 8.63. The van der Waals surface area contributed by atoms with E-state index in [4.69, 9.17) is 14.2 Å². The predicted octanol–water partition coefficient (Wildman–Crippen LogP) is 3.39. The molecule has 2 atom stereocenters. The lowest BCUT2D eigenvalue weighted by Gasteiger charge is -2.51. The number of rotatable bonds is 1. The number of carbonyl (C=O) groups excluding carboxylic acids is 1. The van der Waals surface area contributed by atoms with Crippen LogP contribution in [0.3, 0.4) is 0 Å². The van der Waals surface area contributed by atoms with Gasteiger partial charge < -0.3 is 19.1 Å². The van der Waals surface area contributed by atoms with Crippen molar-refractivity contribution in [2.24, 2.45) is 0 Å². The average Bonchev–Trinajstić information content (AvgIpc) is 2.72. The largest absolute Gasteiger partial charge is 0.444 e. The topological polar surface area (TPSA) is 48.0 Å². The molecule has 2 saturated heterocycles. The molecule has 1 spiro atoms. The highest BCUT2D eigenvalue weighted by Crippen LogP contribution is 2.41. The molecule has 2 aliphatic heterocycles. The van der Waals surface area contributed by atoms with Crippen LogP contribution < -0.4 is 0 Å². The van der Waals surface area contributed by atoms with Crippen molar-refractivity contribution in [3.8, 4) is 0 Å². The molecule has 0 aliphatic carbocycles. The van der Waals surface area contributed by atoms with Crippen LogP contribution in [-0.2, 0) is 14.2 Å². The lowest BCUT2D eigenvalue weighted by molar-refractivity contribution is -0.197. The number of carbonyl (C=O) groups is 1. The van der Waals surface area contributed by atoms with Gasteiger partial charge in [-0.25, -0.2) is 4.79 Å². The maximum atomic E-state index is 12.7. The summed E-state index contributed by atoms with van der Waals surface area (Å²) in [6.07, 6.45) is 1.26. The van der Waals surface area contributed by atoms with Gasteiger partial charge in [0.25, 0.3) is 0 Å². The smallest absolute Gasteiger partial charge is 0.410 e. The van der Waals surface area contributed by atoms with Gasteiger partial charge in [-0.05, 0) is 27.7 Å². The van der Waals surface area contributed by atoms with E-state index in [1.54, 1.807) is 0 Å². The zero-order chi connectivity index (χ0) is 16.8. The van der Waals surface area contributed by atoms with E-state index >= 15 is 0 Å². The molecule has 0 aromatic heterocycles. The monoisotopic (exact) mass is 329 g/mol. The Kier molecular flexibility index (Phi) is 4.68. The minimum Gasteiger partial charge on any atom is -0.444 e. The molecule has 0 N–H and O–H groups in total. The normalized spacial score (nSPS) is 29.0. The van der Waals surface area contributed by atoms with Crippen molar-refractivity contribution >= 4 is 14.2 Å². The number of nitrogens with zero attached hydrogens (tertiary/aromatic N) is 1. The Bertz CT molecular complexity index is 421. The quantitative estimate of drug-likeness (QED) is 0.692. The third kappa shape index (κ3) is 3.84. The van der Waals surface area contributed by atoms with Crippen LogP contribution in [0.5, 0.6) is 0 Å². The fourth-order valence-electron chi connectivity index (χ4n) is 3.41. The van der Waals surface area contributed by atoms with E-state index < -0.39 is 19.5 Å². The third-order valence-corrected chi connectivity index (χ3v) is 6.82. The van der Waals surface area contributed by atoms with Gasteiger partial charge in [-0.3, -0.25) is 0 Å². The number of hydrogen-bond acceptors (Lipinski definition) is 4. The summed E-state index contributed by atoms with van der Waals surface area (Å²) < 4.78 is 17.5. The number of amides is 1. The van der Waals surface area contributed by atoms with Crippen LogP contribution in [0.25, 0.3) is 0 Å². The summed E-state index contributed by atoms with van der Waals surface area (Å²) in [5.74, 6) is -0.497. The van der Waals surface area contributed by atoms with Gasteiger partial charge in [-0.2, -0.15) is 0 Å². The molecule has 2 aliphatic rings. The van der Waals surface area contributed by atoms with Crippen molar-refractivity contribution in [1.29, 1.82) is 0 Å². The SMILES string of the molecule is C[C@@H]1CC2(C[C@@H]([Si](C)(C)C)N1C(=O)OC(C)(C)C)OCCO2. The molecule has 0 unspecified atom stereocenters. The van der Waals surface area contributed by atoms with Crippen LogP contribution in [0.1, 0.15) is 40.5 Å². The van der Waals surface area contributed by atoms with Gasteiger partial charge in [0.15, 0.2) is 5.79 Å². The maximum Gasteiger partial charge on any atom is 0.410 e. The Morgan fingerprint density at radius 2 is 1.73 bits per heavy atom. The fraction of sp³-hybridized carbons (Fsp3) is 0.938. The molecule has 0 bridgehead atoms. The number of hydrogen-bond donors (Lipinski definition) is 0. The molecule has 0 aromatic carbocycles. The van der Waals surface area contributed by atoms with Gasteiger partial charge in [0.2, 0.25) is 0 Å². The Balaban J connectivity index is 2.25. The van der Waals surface area contributed by atoms with E-state index in [1.165, 1.54) is 0 Å². The summed E-state index contributed by atoms with van der Waals surface area (Å²) >= 11 is 0. The van der Waals surface area contributed by atoms with E-state index in [2.05, 4.69) is 26.6 Å². The molecule has 2 rings (SSSR count). The highest BCUT2D eigenvalue weighted by Gasteiger charge is 2.52. The summed E-state index contributed by atoms with van der Waals surface area (Å²) in [7, 11) is -1.63. The van der Waals surface area contributed by atoms with Gasteiger partial charge in [0, 0.05) is 24.5 Å². The zero-order valence-corrected chi connectivity index (χ0v) is 16.1. The molecular formula is C16H31NO4Si. The van der Waals surface area contributed by atoms with Crippen LogP contribution in [0.4, 0.5) is 4.79 Å². The first-order chi connectivity index (χ1) is 9.94. The van der Waals surface area contributed by atoms with Crippen LogP contribution in [0.2, 0.25) is 19.6 Å². The number of likely N-dealkylation sites (tertiary alicyclic amines) is 1. The van der Waals surface area contributed by atoms with Crippen molar-refractivity contribution < 1.29 is 19.0 Å². The Labute approximate surface area is 135 Å². The number of piperidine rings is 1. The summed E-state index contributed by atoms with van der Waals surface area (Å²) in [5, 5.41) is 0. The molecule has 0 saturated carbocycles. The zero-order valence-electron chi connectivity index (χ0n) is 15.1. The summed E-state index contributed by atoms with van der Waals surface area (Å²) in [4.78, 5) is 14.7. The molecular weight excluding hydrogens is 298 g/mol. The van der Waals surface area contributed by atoms with E-state index in [0.29, 0.717) is 19.6 Å². The summed E-state index contributed by atoms with van der Waals surface area (Å²) in [6.45, 7) is 16.0. The molecule has 128 valence electrons. The van der Waals surface area contributed by atoms with Gasteiger partial charge in [0.05, 0.1) is 21.3 Å². The second kappa shape index (κ2) is 5.80. The van der Waals surface area contributed by atoms with Crippen LogP contribution in [0.15, 0.2) is 0 Å². The maximum absolute atomic E-state index is 12.7. The standard InChI is InChI=1S/C16H31NO4Si/c1-12-10-16(19-8-9-20-16)11-13(22(5,6)7)17(12)14(18)21-15(2,3)4/h12-13H,8-11H2,1-7H3/t12-,13-/m1/s1. The van der Waals surface area contributed by atoms with Gasteiger partial charge in [0.1, 0.15) is 5.60 Å². The van der Waals surface area contributed by atoms with Crippen molar-refractivity contribution in [1.82, 2.24) is 4.90 Å². The molecule has 22 heavy (non-hydrogen) atoms. The van der Waals surface area contributed by atoms with Crippen LogP contribution in [0, 0.1) is 0 Å². The lowest BCUT2D eigenvalue weighted by Crippen LogP contribution is -2.65. The highest BCUT2D eigenvalue weighted by atomic mass is 28.3. The molecule has 2 fully saturated rings. The van der Waals surface area contributed by atoms with Crippen molar-refractivity contribution in [3.05, 3.63) is 0 Å². The number of ether oxygens (including phenoxy) is 3. The second-order valence-corrected chi connectivity index (χ2v) is 14.0. The lowest BCUT2D eigenvalue weighted by atomic mass is 9.97. The van der Waals surface area contributed by atoms with Gasteiger partial charge in [-0.1, -0.05) is 19.6 Å². The minimum atomic E-state index is -1.63. The molecule has 5 nitrogen and oxygen atoms in total. The molecule has 1 amide bonds. The first-order valence-electron chi connectivity index (χ1n) is 8.23. The Morgan fingerprint density at radius 3 is 2.18 bits per heavy atom. The van der Waals surface area contributed by atoms with Crippen molar-refractivity contribution in [3.63, 3.8) is 0 Å². The van der Waals surface area contributed by atoms with Crippen molar-refractivity contribution in [2.45, 2.75) is 83.3 Å².